The summed E-state index contributed by atoms with van der Waals surface area (Å²) < 4.78 is 11.1. The fourth-order valence-corrected chi connectivity index (χ4v) is 2.15. The second-order valence-electron chi connectivity index (χ2n) is 4.66. The molecule has 0 saturated carbocycles. The number of rotatable bonds is 3. The molecule has 0 amide bonds. The van der Waals surface area contributed by atoms with Crippen molar-refractivity contribution < 1.29 is 9.15 Å². The van der Waals surface area contributed by atoms with E-state index in [4.69, 9.17) is 9.15 Å². The van der Waals surface area contributed by atoms with Crippen LogP contribution in [0.5, 0.6) is 11.5 Å². The highest BCUT2D eigenvalue weighted by Crippen LogP contribution is 2.31. The molecule has 0 unspecified atom stereocenters. The number of hydrogen-bond acceptors (Lipinski definition) is 3. The van der Waals surface area contributed by atoms with Crippen LogP contribution in [-0.2, 0) is 0 Å². The first-order valence-electron chi connectivity index (χ1n) is 6.67. The molecular weight excluding hydrogens is 264 g/mol. The molecular formula is C18H14O3. The highest BCUT2D eigenvalue weighted by Gasteiger charge is 2.14. The molecule has 0 spiro atoms. The van der Waals surface area contributed by atoms with E-state index in [1.54, 1.807) is 13.0 Å². The maximum Gasteiger partial charge on any atom is 0.347 e. The topological polar surface area (TPSA) is 39.4 Å². The first kappa shape index (κ1) is 13.2. The van der Waals surface area contributed by atoms with Crippen molar-refractivity contribution >= 4 is 0 Å². The van der Waals surface area contributed by atoms with Gasteiger partial charge in [-0.2, -0.15) is 0 Å². The van der Waals surface area contributed by atoms with E-state index in [1.807, 2.05) is 60.7 Å². The molecule has 0 aliphatic rings. The van der Waals surface area contributed by atoms with Crippen LogP contribution in [0.1, 0.15) is 5.76 Å². The lowest BCUT2D eigenvalue weighted by Crippen LogP contribution is -2.06. The van der Waals surface area contributed by atoms with Gasteiger partial charge < -0.3 is 9.15 Å². The lowest BCUT2D eigenvalue weighted by molar-refractivity contribution is 0.444. The highest BCUT2D eigenvalue weighted by molar-refractivity contribution is 5.69. The van der Waals surface area contributed by atoms with E-state index in [-0.39, 0.29) is 0 Å². The first-order valence-corrected chi connectivity index (χ1v) is 6.67. The molecule has 0 N–H and O–H groups in total. The Kier molecular flexibility index (Phi) is 3.56. The lowest BCUT2D eigenvalue weighted by Gasteiger charge is -2.10. The number of ether oxygens (including phenoxy) is 1. The van der Waals surface area contributed by atoms with Crippen LogP contribution in [0.3, 0.4) is 0 Å². The van der Waals surface area contributed by atoms with Crippen molar-refractivity contribution in [2.75, 3.05) is 0 Å². The maximum atomic E-state index is 12.2. The molecule has 0 saturated heterocycles. The van der Waals surface area contributed by atoms with Crippen LogP contribution in [0.4, 0.5) is 0 Å². The van der Waals surface area contributed by atoms with Crippen molar-refractivity contribution in [3.63, 3.8) is 0 Å². The van der Waals surface area contributed by atoms with Crippen molar-refractivity contribution in [2.45, 2.75) is 6.92 Å². The molecule has 3 nitrogen and oxygen atoms in total. The zero-order valence-corrected chi connectivity index (χ0v) is 11.6. The quantitative estimate of drug-likeness (QED) is 0.712. The van der Waals surface area contributed by atoms with Gasteiger partial charge in [-0.25, -0.2) is 4.79 Å². The lowest BCUT2D eigenvalue weighted by atomic mass is 10.1. The molecule has 0 bridgehead atoms. The van der Waals surface area contributed by atoms with E-state index < -0.39 is 5.63 Å². The zero-order valence-electron chi connectivity index (χ0n) is 11.6. The molecule has 104 valence electrons. The second kappa shape index (κ2) is 5.67. The van der Waals surface area contributed by atoms with Gasteiger partial charge in [0.15, 0.2) is 0 Å². The molecule has 1 heterocycles. The van der Waals surface area contributed by atoms with Crippen LogP contribution in [0, 0.1) is 6.92 Å². The Morgan fingerprint density at radius 2 is 1.52 bits per heavy atom. The minimum absolute atomic E-state index is 0.396. The molecule has 0 radical (unpaired) electrons. The van der Waals surface area contributed by atoms with Gasteiger partial charge in [-0.15, -0.1) is 0 Å². The van der Waals surface area contributed by atoms with E-state index in [9.17, 15) is 4.79 Å². The largest absolute Gasteiger partial charge is 0.456 e. The van der Waals surface area contributed by atoms with Gasteiger partial charge in [0, 0.05) is 6.07 Å². The van der Waals surface area contributed by atoms with Gasteiger partial charge in [-0.1, -0.05) is 48.5 Å². The van der Waals surface area contributed by atoms with Gasteiger partial charge in [-0.3, -0.25) is 0 Å². The number of hydrogen-bond donors (Lipinski definition) is 0. The Labute approximate surface area is 122 Å². The molecule has 2 aromatic carbocycles. The maximum absolute atomic E-state index is 12.2. The summed E-state index contributed by atoms with van der Waals surface area (Å²) in [5.41, 5.74) is 0.814. The van der Waals surface area contributed by atoms with E-state index >= 15 is 0 Å². The van der Waals surface area contributed by atoms with E-state index in [0.717, 1.165) is 5.56 Å². The van der Waals surface area contributed by atoms with Crippen molar-refractivity contribution in [2.24, 2.45) is 0 Å². The van der Waals surface area contributed by atoms with E-state index in [2.05, 4.69) is 0 Å². The molecule has 0 atom stereocenters. The molecule has 21 heavy (non-hydrogen) atoms. The summed E-state index contributed by atoms with van der Waals surface area (Å²) in [5.74, 6) is 1.70. The fraction of sp³-hybridized carbons (Fsp3) is 0.0556. The highest BCUT2D eigenvalue weighted by atomic mass is 16.5. The van der Waals surface area contributed by atoms with Gasteiger partial charge in [-0.05, 0) is 24.6 Å². The fourth-order valence-electron chi connectivity index (χ4n) is 2.15. The van der Waals surface area contributed by atoms with E-state index in [1.165, 1.54) is 0 Å². The van der Waals surface area contributed by atoms with Crippen LogP contribution in [0.2, 0.25) is 0 Å². The SMILES string of the molecule is Cc1cc(Oc2ccccc2)c(-c2ccccc2)c(=O)o1. The summed E-state index contributed by atoms with van der Waals surface area (Å²) in [6.07, 6.45) is 0. The predicted octanol–water partition coefficient (Wildman–Crippen LogP) is 4.41. The van der Waals surface area contributed by atoms with Crippen LogP contribution in [0.25, 0.3) is 11.1 Å². The Bertz CT molecular complexity index is 790. The minimum Gasteiger partial charge on any atom is -0.456 e. The van der Waals surface area contributed by atoms with Gasteiger partial charge in [0.25, 0.3) is 0 Å². The molecule has 3 heteroatoms. The normalized spacial score (nSPS) is 10.3. The number of aryl methyl sites for hydroxylation is 1. The summed E-state index contributed by atoms with van der Waals surface area (Å²) in [7, 11) is 0. The molecule has 0 fully saturated rings. The summed E-state index contributed by atoms with van der Waals surface area (Å²) >= 11 is 0. The van der Waals surface area contributed by atoms with E-state index in [0.29, 0.717) is 22.8 Å². The molecule has 0 aliphatic heterocycles. The van der Waals surface area contributed by atoms with Crippen molar-refractivity contribution in [1.82, 2.24) is 0 Å². The van der Waals surface area contributed by atoms with Crippen LogP contribution in [0.15, 0.2) is 75.9 Å². The smallest absolute Gasteiger partial charge is 0.347 e. The van der Waals surface area contributed by atoms with Crippen molar-refractivity contribution in [1.29, 1.82) is 0 Å². The van der Waals surface area contributed by atoms with Crippen LogP contribution < -0.4 is 10.4 Å². The Hall–Kier alpha value is -2.81. The third-order valence-corrected chi connectivity index (χ3v) is 3.07. The first-order chi connectivity index (χ1) is 10.2. The molecule has 0 aliphatic carbocycles. The van der Waals surface area contributed by atoms with Gasteiger partial charge in [0.05, 0.1) is 0 Å². The molecule has 1 aromatic heterocycles. The number of para-hydroxylation sites is 1. The summed E-state index contributed by atoms with van der Waals surface area (Å²) in [5, 5.41) is 0. The van der Waals surface area contributed by atoms with Crippen LogP contribution in [-0.4, -0.2) is 0 Å². The van der Waals surface area contributed by atoms with Gasteiger partial charge in [0.1, 0.15) is 22.8 Å². The summed E-state index contributed by atoms with van der Waals surface area (Å²) in [6, 6.07) is 20.5. The second-order valence-corrected chi connectivity index (χ2v) is 4.66. The predicted molar refractivity (Wildman–Crippen MR) is 81.7 cm³/mol. The van der Waals surface area contributed by atoms with Crippen molar-refractivity contribution in [3.8, 4) is 22.6 Å². The minimum atomic E-state index is -0.396. The van der Waals surface area contributed by atoms with Crippen LogP contribution >= 0.6 is 0 Å². The Morgan fingerprint density at radius 3 is 2.19 bits per heavy atom. The van der Waals surface area contributed by atoms with Crippen molar-refractivity contribution in [3.05, 3.63) is 82.9 Å². The average Bonchev–Trinajstić information content (AvgIpc) is 2.48. The third-order valence-electron chi connectivity index (χ3n) is 3.07. The standard InChI is InChI=1S/C18H14O3/c1-13-12-16(21-15-10-6-3-7-11-15)17(18(19)20-13)14-8-4-2-5-9-14/h2-12H,1H3. The number of benzene rings is 2. The van der Waals surface area contributed by atoms with Gasteiger partial charge >= 0.3 is 5.63 Å². The summed E-state index contributed by atoms with van der Waals surface area (Å²) in [6.45, 7) is 1.73. The zero-order chi connectivity index (χ0) is 14.7. The monoisotopic (exact) mass is 278 g/mol. The summed E-state index contributed by atoms with van der Waals surface area (Å²) in [4.78, 5) is 12.2. The molecule has 3 rings (SSSR count). The van der Waals surface area contributed by atoms with Gasteiger partial charge in [0.2, 0.25) is 0 Å². The Morgan fingerprint density at radius 1 is 0.905 bits per heavy atom. The third kappa shape index (κ3) is 2.87. The average molecular weight is 278 g/mol. The molecule has 3 aromatic rings. The Balaban J connectivity index is 2.13.